The Kier molecular flexibility index (Phi) is 4.97. The lowest BCUT2D eigenvalue weighted by atomic mass is 9.81. The summed E-state index contributed by atoms with van der Waals surface area (Å²) in [6.07, 6.45) is 1.23. The monoisotopic (exact) mass is 312 g/mol. The minimum Gasteiger partial charge on any atom is -0.481 e. The van der Waals surface area contributed by atoms with Crippen LogP contribution in [0.4, 0.5) is 0 Å². The lowest BCUT2D eigenvalue weighted by Crippen LogP contribution is -2.21. The molecule has 0 aromatic heterocycles. The molecule has 0 aliphatic heterocycles. The average Bonchev–Trinajstić information content (AvgIpc) is 2.26. The van der Waals surface area contributed by atoms with E-state index in [0.717, 1.165) is 16.5 Å². The lowest BCUT2D eigenvalue weighted by Gasteiger charge is -2.24. The van der Waals surface area contributed by atoms with Gasteiger partial charge in [0.15, 0.2) is 0 Å². The summed E-state index contributed by atoms with van der Waals surface area (Å²) in [7, 11) is 0. The normalized spacial score (nSPS) is 13.4. The fourth-order valence-electron chi connectivity index (χ4n) is 2.05. The van der Waals surface area contributed by atoms with Gasteiger partial charge < -0.3 is 5.11 Å². The van der Waals surface area contributed by atoms with Crippen molar-refractivity contribution in [2.24, 2.45) is 0 Å². The van der Waals surface area contributed by atoms with E-state index in [1.807, 2.05) is 13.8 Å². The first-order chi connectivity index (χ1) is 8.27. The molecule has 0 saturated carbocycles. The Balaban J connectivity index is 3.07. The van der Waals surface area contributed by atoms with E-state index in [2.05, 4.69) is 48.0 Å². The van der Waals surface area contributed by atoms with Gasteiger partial charge in [-0.25, -0.2) is 0 Å². The van der Waals surface area contributed by atoms with Gasteiger partial charge in [0.05, 0.1) is 6.42 Å². The van der Waals surface area contributed by atoms with Gasteiger partial charge in [-0.2, -0.15) is 0 Å². The number of carbonyl (C=O) groups is 1. The maximum atomic E-state index is 10.9. The van der Waals surface area contributed by atoms with Crippen molar-refractivity contribution < 1.29 is 9.90 Å². The standard InChI is InChI=1S/C15H21BrO2/c1-5-10(2)12-7-6-11(8-13(12)16)15(3,4)9-14(17)18/h6-8,10H,5,9H2,1-4H3,(H,17,18). The zero-order chi connectivity index (χ0) is 13.9. The maximum absolute atomic E-state index is 10.9. The molecule has 3 heteroatoms. The molecular formula is C15H21BrO2. The molecule has 0 bridgehead atoms. The van der Waals surface area contributed by atoms with E-state index < -0.39 is 5.97 Å². The van der Waals surface area contributed by atoms with Crippen LogP contribution in [0, 0.1) is 0 Å². The van der Waals surface area contributed by atoms with Crippen LogP contribution in [0.5, 0.6) is 0 Å². The van der Waals surface area contributed by atoms with Gasteiger partial charge in [-0.1, -0.05) is 55.8 Å². The fourth-order valence-corrected chi connectivity index (χ4v) is 2.82. The predicted molar refractivity (Wildman–Crippen MR) is 78.1 cm³/mol. The number of aliphatic carboxylic acids is 1. The largest absolute Gasteiger partial charge is 0.481 e. The smallest absolute Gasteiger partial charge is 0.304 e. The number of carboxylic acid groups (broad SMARTS) is 1. The molecule has 0 radical (unpaired) electrons. The summed E-state index contributed by atoms with van der Waals surface area (Å²) in [4.78, 5) is 10.9. The second-order valence-corrected chi connectivity index (χ2v) is 6.35. The molecule has 1 aromatic rings. The van der Waals surface area contributed by atoms with E-state index in [1.54, 1.807) is 0 Å². The average molecular weight is 313 g/mol. The number of benzene rings is 1. The Labute approximate surface area is 118 Å². The van der Waals surface area contributed by atoms with Crippen LogP contribution in [0.2, 0.25) is 0 Å². The quantitative estimate of drug-likeness (QED) is 0.854. The van der Waals surface area contributed by atoms with Crippen molar-refractivity contribution in [1.82, 2.24) is 0 Å². The van der Waals surface area contributed by atoms with Crippen LogP contribution >= 0.6 is 15.9 Å². The van der Waals surface area contributed by atoms with E-state index in [1.165, 1.54) is 5.56 Å². The molecule has 1 N–H and O–H groups in total. The summed E-state index contributed by atoms with van der Waals surface area (Å²) >= 11 is 3.60. The minimum absolute atomic E-state index is 0.141. The third kappa shape index (κ3) is 3.58. The van der Waals surface area contributed by atoms with Crippen LogP contribution in [0.1, 0.15) is 57.6 Å². The van der Waals surface area contributed by atoms with Crippen LogP contribution in [0.25, 0.3) is 0 Å². The molecular weight excluding hydrogens is 292 g/mol. The summed E-state index contributed by atoms with van der Waals surface area (Å²) in [6, 6.07) is 6.22. The zero-order valence-corrected chi connectivity index (χ0v) is 13.0. The van der Waals surface area contributed by atoms with E-state index >= 15 is 0 Å². The van der Waals surface area contributed by atoms with Crippen LogP contribution in [-0.4, -0.2) is 11.1 Å². The van der Waals surface area contributed by atoms with E-state index in [9.17, 15) is 4.79 Å². The molecule has 0 heterocycles. The third-order valence-corrected chi connectivity index (χ3v) is 4.21. The molecule has 2 nitrogen and oxygen atoms in total. The van der Waals surface area contributed by atoms with E-state index in [-0.39, 0.29) is 11.8 Å². The SMILES string of the molecule is CCC(C)c1ccc(C(C)(C)CC(=O)O)cc1Br. The van der Waals surface area contributed by atoms with Crippen LogP contribution in [0.3, 0.4) is 0 Å². The van der Waals surface area contributed by atoms with Gasteiger partial charge in [0.1, 0.15) is 0 Å². The van der Waals surface area contributed by atoms with Crippen molar-refractivity contribution >= 4 is 21.9 Å². The third-order valence-electron chi connectivity index (χ3n) is 3.52. The molecule has 1 aromatic carbocycles. The molecule has 0 saturated heterocycles. The number of carboxylic acids is 1. The first-order valence-corrected chi connectivity index (χ1v) is 7.09. The highest BCUT2D eigenvalue weighted by molar-refractivity contribution is 9.10. The van der Waals surface area contributed by atoms with E-state index in [4.69, 9.17) is 5.11 Å². The van der Waals surface area contributed by atoms with Crippen molar-refractivity contribution in [3.63, 3.8) is 0 Å². The molecule has 0 spiro atoms. The Morgan fingerprint density at radius 1 is 1.44 bits per heavy atom. The second-order valence-electron chi connectivity index (χ2n) is 5.50. The number of hydrogen-bond acceptors (Lipinski definition) is 1. The first kappa shape index (κ1) is 15.2. The highest BCUT2D eigenvalue weighted by atomic mass is 79.9. The molecule has 18 heavy (non-hydrogen) atoms. The summed E-state index contributed by atoms with van der Waals surface area (Å²) in [6.45, 7) is 8.29. The van der Waals surface area contributed by atoms with Gasteiger partial charge in [-0.05, 0) is 29.5 Å². The van der Waals surface area contributed by atoms with Gasteiger partial charge >= 0.3 is 5.97 Å². The topological polar surface area (TPSA) is 37.3 Å². The van der Waals surface area contributed by atoms with Gasteiger partial charge in [-0.3, -0.25) is 4.79 Å². The zero-order valence-electron chi connectivity index (χ0n) is 11.5. The van der Waals surface area contributed by atoms with Crippen molar-refractivity contribution in [3.8, 4) is 0 Å². The maximum Gasteiger partial charge on any atom is 0.304 e. The molecule has 1 atom stereocenters. The summed E-state index contributed by atoms with van der Waals surface area (Å²) in [5.74, 6) is -0.252. The van der Waals surface area contributed by atoms with E-state index in [0.29, 0.717) is 5.92 Å². The molecule has 1 rings (SSSR count). The second kappa shape index (κ2) is 5.87. The van der Waals surface area contributed by atoms with Crippen LogP contribution in [0.15, 0.2) is 22.7 Å². The van der Waals surface area contributed by atoms with Crippen molar-refractivity contribution in [1.29, 1.82) is 0 Å². The van der Waals surface area contributed by atoms with Gasteiger partial charge in [0.2, 0.25) is 0 Å². The summed E-state index contributed by atoms with van der Waals surface area (Å²) in [5, 5.41) is 8.95. The lowest BCUT2D eigenvalue weighted by molar-refractivity contribution is -0.138. The number of rotatable bonds is 5. The fraction of sp³-hybridized carbons (Fsp3) is 0.533. The summed E-state index contributed by atoms with van der Waals surface area (Å²) < 4.78 is 1.08. The van der Waals surface area contributed by atoms with Gasteiger partial charge in [0.25, 0.3) is 0 Å². The Hall–Kier alpha value is -0.830. The molecule has 100 valence electrons. The Morgan fingerprint density at radius 3 is 2.50 bits per heavy atom. The van der Waals surface area contributed by atoms with Crippen molar-refractivity contribution in [2.45, 2.75) is 51.9 Å². The van der Waals surface area contributed by atoms with Crippen LogP contribution < -0.4 is 0 Å². The van der Waals surface area contributed by atoms with Crippen molar-refractivity contribution in [3.05, 3.63) is 33.8 Å². The van der Waals surface area contributed by atoms with Gasteiger partial charge in [0, 0.05) is 9.89 Å². The van der Waals surface area contributed by atoms with Crippen LogP contribution in [-0.2, 0) is 10.2 Å². The predicted octanol–water partition coefficient (Wildman–Crippen LogP) is 4.71. The summed E-state index contributed by atoms with van der Waals surface area (Å²) in [5.41, 5.74) is 2.00. The molecule has 0 amide bonds. The first-order valence-electron chi connectivity index (χ1n) is 6.29. The highest BCUT2D eigenvalue weighted by Crippen LogP contribution is 2.33. The number of halogens is 1. The Bertz CT molecular complexity index is 438. The molecule has 0 aliphatic carbocycles. The molecule has 0 fully saturated rings. The number of hydrogen-bond donors (Lipinski definition) is 1. The van der Waals surface area contributed by atoms with Gasteiger partial charge in [-0.15, -0.1) is 0 Å². The van der Waals surface area contributed by atoms with Crippen molar-refractivity contribution in [2.75, 3.05) is 0 Å². The Morgan fingerprint density at radius 2 is 2.06 bits per heavy atom. The molecule has 0 aliphatic rings. The molecule has 1 unspecified atom stereocenters. The minimum atomic E-state index is -0.762. The highest BCUT2D eigenvalue weighted by Gasteiger charge is 2.25.